The zero-order chi connectivity index (χ0) is 24.1. The van der Waals surface area contributed by atoms with Gasteiger partial charge >= 0.3 is 5.97 Å². The Bertz CT molecular complexity index is 1330. The number of ether oxygens (including phenoxy) is 1. The van der Waals surface area contributed by atoms with Crippen molar-refractivity contribution in [3.05, 3.63) is 76.7 Å². The number of carbonyl (C=O) groups excluding carboxylic acids is 2. The molecule has 2 aromatic heterocycles. The lowest BCUT2D eigenvalue weighted by molar-refractivity contribution is -0.115. The normalized spacial score (nSPS) is 10.9. The number of aryl methyl sites for hydroxylation is 2. The molecule has 0 fully saturated rings. The van der Waals surface area contributed by atoms with Crippen LogP contribution in [-0.4, -0.2) is 29.2 Å². The number of aromatic nitrogens is 1. The van der Waals surface area contributed by atoms with E-state index in [2.05, 4.69) is 37.4 Å². The predicted molar refractivity (Wildman–Crippen MR) is 141 cm³/mol. The molecule has 5 nitrogen and oxygen atoms in total. The third kappa shape index (κ3) is 5.32. The number of hydrogen-bond donors (Lipinski definition) is 1. The van der Waals surface area contributed by atoms with Gasteiger partial charge in [0, 0.05) is 28.5 Å². The van der Waals surface area contributed by atoms with E-state index in [0.717, 1.165) is 32.6 Å². The molecule has 0 unspecified atom stereocenters. The number of rotatable bonds is 8. The molecule has 7 heteroatoms. The fourth-order valence-electron chi connectivity index (χ4n) is 3.73. The summed E-state index contributed by atoms with van der Waals surface area (Å²) in [7, 11) is 0. The van der Waals surface area contributed by atoms with E-state index < -0.39 is 5.97 Å². The van der Waals surface area contributed by atoms with Gasteiger partial charge in [0.1, 0.15) is 10.6 Å². The van der Waals surface area contributed by atoms with E-state index >= 15 is 0 Å². The Balaban J connectivity index is 1.45. The fourth-order valence-corrected chi connectivity index (χ4v) is 5.61. The first kappa shape index (κ1) is 24.0. The van der Waals surface area contributed by atoms with E-state index in [9.17, 15) is 9.59 Å². The highest BCUT2D eigenvalue weighted by Gasteiger charge is 2.22. The summed E-state index contributed by atoms with van der Waals surface area (Å²) in [6, 6.07) is 17.9. The van der Waals surface area contributed by atoms with Gasteiger partial charge in [0.05, 0.1) is 17.1 Å². The van der Waals surface area contributed by atoms with Gasteiger partial charge in [0.2, 0.25) is 5.91 Å². The Labute approximate surface area is 207 Å². The molecule has 1 amide bonds. The minimum atomic E-state index is -0.432. The summed E-state index contributed by atoms with van der Waals surface area (Å²) in [6.07, 6.45) is 0.304. The van der Waals surface area contributed by atoms with Crippen LogP contribution in [0.15, 0.2) is 65.0 Å². The van der Waals surface area contributed by atoms with Crippen molar-refractivity contribution >= 4 is 50.9 Å². The summed E-state index contributed by atoms with van der Waals surface area (Å²) in [5, 5.41) is 7.38. The van der Waals surface area contributed by atoms with Crippen molar-refractivity contribution in [2.24, 2.45) is 0 Å². The molecule has 174 valence electrons. The lowest BCUT2D eigenvalue weighted by atomic mass is 10.0. The maximum Gasteiger partial charge on any atom is 0.341 e. The first-order valence-electron chi connectivity index (χ1n) is 11.1. The average Bonchev–Trinajstić information content (AvgIpc) is 3.24. The summed E-state index contributed by atoms with van der Waals surface area (Å²) >= 11 is 2.89. The van der Waals surface area contributed by atoms with Crippen molar-refractivity contribution in [1.82, 2.24) is 4.98 Å². The zero-order valence-electron chi connectivity index (χ0n) is 19.4. The van der Waals surface area contributed by atoms with Gasteiger partial charge in [-0.2, -0.15) is 0 Å². The number of hydrogen-bond acceptors (Lipinski definition) is 6. The highest BCUT2D eigenvalue weighted by atomic mass is 32.2. The maximum atomic E-state index is 12.7. The molecule has 0 spiro atoms. The molecule has 0 aliphatic carbocycles. The summed E-state index contributed by atoms with van der Waals surface area (Å²) in [4.78, 5) is 30.2. The molecule has 2 heterocycles. The van der Waals surface area contributed by atoms with Crippen molar-refractivity contribution in [3.63, 3.8) is 0 Å². The van der Waals surface area contributed by atoms with Gasteiger partial charge in [-0.25, -0.2) is 9.78 Å². The van der Waals surface area contributed by atoms with E-state index in [1.807, 2.05) is 41.8 Å². The van der Waals surface area contributed by atoms with Crippen LogP contribution < -0.4 is 5.32 Å². The van der Waals surface area contributed by atoms with E-state index in [4.69, 9.17) is 9.72 Å². The lowest BCUT2D eigenvalue weighted by Gasteiger charge is -2.10. The molecule has 0 bridgehead atoms. The number of para-hydroxylation sites is 1. The number of esters is 1. The lowest BCUT2D eigenvalue weighted by Crippen LogP contribution is -2.15. The Morgan fingerprint density at radius 2 is 1.85 bits per heavy atom. The van der Waals surface area contributed by atoms with Crippen LogP contribution in [0.5, 0.6) is 0 Å². The maximum absolute atomic E-state index is 12.7. The molecule has 0 saturated heterocycles. The number of nitrogens with one attached hydrogen (secondary N) is 1. The molecule has 2 aromatic carbocycles. The highest BCUT2D eigenvalue weighted by molar-refractivity contribution is 7.99. The van der Waals surface area contributed by atoms with Crippen LogP contribution in [0.2, 0.25) is 0 Å². The Hall–Kier alpha value is -3.16. The Morgan fingerprint density at radius 3 is 2.62 bits per heavy atom. The largest absolute Gasteiger partial charge is 0.462 e. The van der Waals surface area contributed by atoms with E-state index in [1.165, 1.54) is 16.9 Å². The predicted octanol–water partition coefficient (Wildman–Crippen LogP) is 6.88. The van der Waals surface area contributed by atoms with Crippen LogP contribution in [0.25, 0.3) is 22.0 Å². The average molecular weight is 491 g/mol. The van der Waals surface area contributed by atoms with Crippen molar-refractivity contribution in [2.75, 3.05) is 17.7 Å². The molecule has 0 saturated carbocycles. The Kier molecular flexibility index (Phi) is 7.65. The van der Waals surface area contributed by atoms with Crippen molar-refractivity contribution in [3.8, 4) is 11.1 Å². The molecule has 0 aliphatic heterocycles. The summed E-state index contributed by atoms with van der Waals surface area (Å²) in [5.41, 5.74) is 5.39. The first-order valence-corrected chi connectivity index (χ1v) is 13.0. The molecule has 0 atom stereocenters. The molecular weight excluding hydrogens is 464 g/mol. The van der Waals surface area contributed by atoms with E-state index in [0.29, 0.717) is 22.7 Å². The van der Waals surface area contributed by atoms with Crippen LogP contribution in [0.1, 0.15) is 34.8 Å². The van der Waals surface area contributed by atoms with Crippen LogP contribution in [-0.2, 0) is 9.53 Å². The second-order valence-corrected chi connectivity index (χ2v) is 9.83. The number of amides is 1. The number of benzene rings is 2. The van der Waals surface area contributed by atoms with Gasteiger partial charge < -0.3 is 10.1 Å². The standard InChI is InChI=1S/C27H26N2O3S2/c1-4-32-27(31)24-21(19-10-6-5-7-11-19)16-34-26(24)28-22(30)13-14-33-23-15-18(3)20-12-8-9-17(2)25(20)29-23/h5-12,15-16H,4,13-14H2,1-3H3,(H,28,30). The fraction of sp³-hybridized carbons (Fsp3) is 0.222. The number of pyridine rings is 1. The van der Waals surface area contributed by atoms with Crippen LogP contribution in [0, 0.1) is 13.8 Å². The zero-order valence-corrected chi connectivity index (χ0v) is 21.0. The summed E-state index contributed by atoms with van der Waals surface area (Å²) < 4.78 is 5.27. The number of fused-ring (bicyclic) bond motifs is 1. The molecule has 0 aliphatic rings. The molecule has 1 N–H and O–H groups in total. The molecule has 0 radical (unpaired) electrons. The summed E-state index contributed by atoms with van der Waals surface area (Å²) in [5.74, 6) is 0.00750. The second kappa shape index (κ2) is 10.8. The molecule has 4 rings (SSSR count). The Morgan fingerprint density at radius 1 is 1.06 bits per heavy atom. The highest BCUT2D eigenvalue weighted by Crippen LogP contribution is 2.36. The number of nitrogens with zero attached hydrogens (tertiary/aromatic N) is 1. The van der Waals surface area contributed by atoms with Gasteiger partial charge in [-0.3, -0.25) is 4.79 Å². The van der Waals surface area contributed by atoms with Crippen LogP contribution in [0.4, 0.5) is 5.00 Å². The van der Waals surface area contributed by atoms with Gasteiger partial charge in [0.25, 0.3) is 0 Å². The molecule has 4 aromatic rings. The quantitative estimate of drug-likeness (QED) is 0.215. The monoisotopic (exact) mass is 490 g/mol. The van der Waals surface area contributed by atoms with Gasteiger partial charge in [0.15, 0.2) is 0 Å². The van der Waals surface area contributed by atoms with Crippen molar-refractivity contribution < 1.29 is 14.3 Å². The number of anilines is 1. The second-order valence-electron chi connectivity index (χ2n) is 7.84. The minimum Gasteiger partial charge on any atom is -0.462 e. The first-order chi connectivity index (χ1) is 16.5. The van der Waals surface area contributed by atoms with Gasteiger partial charge in [-0.05, 0) is 43.5 Å². The molecular formula is C27H26N2O3S2. The van der Waals surface area contributed by atoms with Crippen molar-refractivity contribution in [2.45, 2.75) is 32.2 Å². The minimum absolute atomic E-state index is 0.145. The van der Waals surface area contributed by atoms with E-state index in [-0.39, 0.29) is 12.5 Å². The van der Waals surface area contributed by atoms with Crippen LogP contribution >= 0.6 is 23.1 Å². The van der Waals surface area contributed by atoms with E-state index in [1.54, 1.807) is 18.7 Å². The third-order valence-electron chi connectivity index (χ3n) is 5.41. The summed E-state index contributed by atoms with van der Waals surface area (Å²) in [6.45, 7) is 6.18. The number of carbonyl (C=O) groups is 2. The number of thioether (sulfide) groups is 1. The van der Waals surface area contributed by atoms with Gasteiger partial charge in [-0.1, -0.05) is 48.5 Å². The van der Waals surface area contributed by atoms with Crippen LogP contribution in [0.3, 0.4) is 0 Å². The molecule has 34 heavy (non-hydrogen) atoms. The number of thiophene rings is 1. The third-order valence-corrected chi connectivity index (χ3v) is 7.22. The SMILES string of the molecule is CCOC(=O)c1c(-c2ccccc2)csc1NC(=O)CCSc1cc(C)c2cccc(C)c2n1. The van der Waals surface area contributed by atoms with Gasteiger partial charge in [-0.15, -0.1) is 23.1 Å². The smallest absolute Gasteiger partial charge is 0.341 e. The van der Waals surface area contributed by atoms with Crippen molar-refractivity contribution in [1.29, 1.82) is 0 Å². The topological polar surface area (TPSA) is 68.3 Å².